The van der Waals surface area contributed by atoms with Crippen molar-refractivity contribution in [1.82, 2.24) is 10.2 Å². The second-order valence-electron chi connectivity index (χ2n) is 11.9. The van der Waals surface area contributed by atoms with E-state index in [4.69, 9.17) is 9.47 Å². The molecular formula is C34H41FN2O6S. The van der Waals surface area contributed by atoms with E-state index in [1.165, 1.54) is 23.8 Å². The van der Waals surface area contributed by atoms with Crippen molar-refractivity contribution in [3.63, 3.8) is 0 Å². The van der Waals surface area contributed by atoms with Gasteiger partial charge in [-0.25, -0.2) is 9.18 Å². The van der Waals surface area contributed by atoms with E-state index < -0.39 is 35.3 Å². The van der Waals surface area contributed by atoms with Crippen LogP contribution in [0, 0.1) is 17.2 Å². The first kappa shape index (κ1) is 33.4. The summed E-state index contributed by atoms with van der Waals surface area (Å²) in [6.45, 7) is 7.41. The number of amides is 3. The zero-order valence-corrected chi connectivity index (χ0v) is 26.5. The van der Waals surface area contributed by atoms with Crippen LogP contribution in [0.25, 0.3) is 11.1 Å². The number of nitrogens with one attached hydrogen (secondary N) is 1. The minimum atomic E-state index is -0.830. The smallest absolute Gasteiger partial charge is 0.326 e. The molecule has 1 fully saturated rings. The summed E-state index contributed by atoms with van der Waals surface area (Å²) < 4.78 is 26.1. The van der Waals surface area contributed by atoms with Gasteiger partial charge in [0, 0.05) is 11.5 Å². The van der Waals surface area contributed by atoms with Crippen molar-refractivity contribution in [2.75, 3.05) is 13.2 Å². The Morgan fingerprint density at radius 1 is 1.16 bits per heavy atom. The van der Waals surface area contributed by atoms with Gasteiger partial charge in [0.2, 0.25) is 11.5 Å². The summed E-state index contributed by atoms with van der Waals surface area (Å²) >= 11 is 1.02. The quantitative estimate of drug-likeness (QED) is 0.107. The van der Waals surface area contributed by atoms with Crippen LogP contribution in [0.2, 0.25) is 0 Å². The molecule has 2 aromatic carbocycles. The largest absolute Gasteiger partial charge is 0.463 e. The molecule has 0 saturated heterocycles. The molecule has 10 heteroatoms. The number of carbonyl (C=O) groups excluding carboxylic acids is 4. The lowest BCUT2D eigenvalue weighted by Crippen LogP contribution is -2.53. The number of hydrogen-bond acceptors (Lipinski definition) is 7. The van der Waals surface area contributed by atoms with E-state index in [0.29, 0.717) is 23.0 Å². The van der Waals surface area contributed by atoms with E-state index in [1.807, 2.05) is 37.3 Å². The van der Waals surface area contributed by atoms with Crippen LogP contribution in [-0.2, 0) is 23.9 Å². The van der Waals surface area contributed by atoms with Crippen molar-refractivity contribution in [3.05, 3.63) is 71.6 Å². The van der Waals surface area contributed by atoms with E-state index in [2.05, 4.69) is 12.2 Å². The molecule has 2 aromatic rings. The Morgan fingerprint density at radius 3 is 2.55 bits per heavy atom. The van der Waals surface area contributed by atoms with Crippen LogP contribution >= 0.6 is 11.8 Å². The molecule has 4 unspecified atom stereocenters. The number of nitrogens with zero attached hydrogens (tertiary/aromatic N) is 1. The molecule has 2 aliphatic rings. The number of halogens is 1. The standard InChI is InChI=1S/C34H41FN2O6S/c1-22-26(11-8-14-34(4)15-16-34)20-30(39)44-31(22)37(33(41)36-21-38)24(3)42-17-18-43-32(40)23(2)27-12-13-28(29(35)19-27)25-9-6-5-7-10-25/h5-7,9-10,12-13,19-24,31H,8,11,14-18H2,1-4H3,(H,36,38,41). The van der Waals surface area contributed by atoms with Crippen molar-refractivity contribution in [2.24, 2.45) is 11.3 Å². The average Bonchev–Trinajstić information content (AvgIpc) is 3.74. The maximum Gasteiger partial charge on any atom is 0.326 e. The summed E-state index contributed by atoms with van der Waals surface area (Å²) in [6, 6.07) is 13.2. The maximum atomic E-state index is 14.8. The minimum Gasteiger partial charge on any atom is -0.463 e. The SMILES string of the molecule is CC(C(=O)OCCOC(C)N(C(=O)NC=O)C1SC(=O)C=C(CCCC2(C)CC2)C1C)c1ccc(-c2ccccc2)c(F)c1. The molecule has 1 saturated carbocycles. The van der Waals surface area contributed by atoms with Gasteiger partial charge in [-0.1, -0.05) is 73.6 Å². The third-order valence-corrected chi connectivity index (χ3v) is 9.83. The van der Waals surface area contributed by atoms with Crippen LogP contribution in [0.3, 0.4) is 0 Å². The molecule has 236 valence electrons. The first-order valence-electron chi connectivity index (χ1n) is 15.1. The fraction of sp³-hybridized carbons (Fsp3) is 0.471. The molecule has 0 aromatic heterocycles. The maximum absolute atomic E-state index is 14.8. The van der Waals surface area contributed by atoms with Gasteiger partial charge >= 0.3 is 12.0 Å². The van der Waals surface area contributed by atoms with Crippen molar-refractivity contribution < 1.29 is 33.0 Å². The van der Waals surface area contributed by atoms with Gasteiger partial charge in [-0.2, -0.15) is 0 Å². The Kier molecular flexibility index (Phi) is 11.4. The summed E-state index contributed by atoms with van der Waals surface area (Å²) in [7, 11) is 0. The second-order valence-corrected chi connectivity index (χ2v) is 13.1. The number of hydrogen-bond donors (Lipinski definition) is 1. The lowest BCUT2D eigenvalue weighted by atomic mass is 9.91. The molecule has 3 amide bonds. The molecule has 0 spiro atoms. The lowest BCUT2D eigenvalue weighted by molar-refractivity contribution is -0.148. The van der Waals surface area contributed by atoms with Crippen molar-refractivity contribution in [3.8, 4) is 11.1 Å². The highest BCUT2D eigenvalue weighted by Gasteiger charge is 2.40. The Morgan fingerprint density at radius 2 is 1.89 bits per heavy atom. The average molecular weight is 625 g/mol. The molecule has 44 heavy (non-hydrogen) atoms. The molecule has 1 N–H and O–H groups in total. The first-order valence-corrected chi connectivity index (χ1v) is 16.0. The lowest BCUT2D eigenvalue weighted by Gasteiger charge is -2.40. The number of ether oxygens (including phenoxy) is 2. The Balaban J connectivity index is 1.32. The predicted molar refractivity (Wildman–Crippen MR) is 168 cm³/mol. The third kappa shape index (κ3) is 8.57. The van der Waals surface area contributed by atoms with Crippen LogP contribution < -0.4 is 5.32 Å². The van der Waals surface area contributed by atoms with Crippen LogP contribution in [0.4, 0.5) is 9.18 Å². The summed E-state index contributed by atoms with van der Waals surface area (Å²) in [6.07, 6.45) is 6.45. The number of esters is 1. The molecular weight excluding hydrogens is 583 g/mol. The van der Waals surface area contributed by atoms with E-state index in [9.17, 15) is 23.6 Å². The number of benzene rings is 2. The molecule has 8 nitrogen and oxygen atoms in total. The molecule has 1 heterocycles. The number of rotatable bonds is 14. The highest BCUT2D eigenvalue weighted by molar-refractivity contribution is 8.14. The molecule has 4 atom stereocenters. The predicted octanol–water partition coefficient (Wildman–Crippen LogP) is 6.80. The molecule has 1 aliphatic carbocycles. The van der Waals surface area contributed by atoms with E-state index in [1.54, 1.807) is 32.1 Å². The Bertz CT molecular complexity index is 1380. The fourth-order valence-electron chi connectivity index (χ4n) is 5.47. The third-order valence-electron chi connectivity index (χ3n) is 8.60. The number of urea groups is 1. The summed E-state index contributed by atoms with van der Waals surface area (Å²) in [4.78, 5) is 50.9. The first-order chi connectivity index (χ1) is 21.0. The molecule has 1 aliphatic heterocycles. The van der Waals surface area contributed by atoms with Gasteiger partial charge in [0.05, 0.1) is 17.9 Å². The van der Waals surface area contributed by atoms with Crippen LogP contribution in [0.1, 0.15) is 71.3 Å². The van der Waals surface area contributed by atoms with Crippen LogP contribution in [-0.4, -0.2) is 53.2 Å². The van der Waals surface area contributed by atoms with E-state index >= 15 is 0 Å². The van der Waals surface area contributed by atoms with Crippen LogP contribution in [0.15, 0.2) is 60.2 Å². The van der Waals surface area contributed by atoms with Gasteiger partial charge in [0.25, 0.3) is 0 Å². The highest BCUT2D eigenvalue weighted by Crippen LogP contribution is 2.49. The monoisotopic (exact) mass is 624 g/mol. The summed E-state index contributed by atoms with van der Waals surface area (Å²) in [5.74, 6) is -1.82. The topological polar surface area (TPSA) is 102 Å². The van der Waals surface area contributed by atoms with Crippen molar-refractivity contribution in [2.45, 2.75) is 77.3 Å². The number of thioether (sulfide) groups is 1. The number of carbonyl (C=O) groups is 4. The summed E-state index contributed by atoms with van der Waals surface area (Å²) in [5.41, 5.74) is 3.08. The number of imide groups is 1. The fourth-order valence-corrected chi connectivity index (χ4v) is 6.69. The van der Waals surface area contributed by atoms with Crippen molar-refractivity contribution >= 4 is 35.3 Å². The highest BCUT2D eigenvalue weighted by atomic mass is 32.2. The minimum absolute atomic E-state index is 0.0349. The van der Waals surface area contributed by atoms with Gasteiger partial charge in [-0.3, -0.25) is 24.6 Å². The zero-order valence-electron chi connectivity index (χ0n) is 25.7. The van der Waals surface area contributed by atoms with E-state index in [0.717, 1.165) is 42.2 Å². The zero-order chi connectivity index (χ0) is 31.9. The Hall–Kier alpha value is -3.50. The molecule has 0 bridgehead atoms. The normalized spacial score (nSPS) is 20.2. The van der Waals surface area contributed by atoms with Gasteiger partial charge in [0.15, 0.2) is 0 Å². The molecule has 4 rings (SSSR count). The van der Waals surface area contributed by atoms with E-state index in [-0.39, 0.29) is 24.2 Å². The summed E-state index contributed by atoms with van der Waals surface area (Å²) in [5, 5.41) is 1.45. The Labute approximate surface area is 262 Å². The van der Waals surface area contributed by atoms with Gasteiger partial charge in [-0.15, -0.1) is 0 Å². The molecule has 0 radical (unpaired) electrons. The van der Waals surface area contributed by atoms with Crippen LogP contribution in [0.5, 0.6) is 0 Å². The second kappa shape index (κ2) is 15.0. The van der Waals surface area contributed by atoms with Crippen molar-refractivity contribution in [1.29, 1.82) is 0 Å². The van der Waals surface area contributed by atoms with Gasteiger partial charge in [-0.05, 0) is 74.6 Å². The van der Waals surface area contributed by atoms with Gasteiger partial charge < -0.3 is 9.47 Å². The van der Waals surface area contributed by atoms with Gasteiger partial charge in [0.1, 0.15) is 18.7 Å².